The minimum atomic E-state index is 0.156. The van der Waals surface area contributed by atoms with Gasteiger partial charge in [0.25, 0.3) is 5.91 Å². The number of aryl methyl sites for hydroxylation is 2. The number of nitrogens with zero attached hydrogens (tertiary/aromatic N) is 2. The molecule has 3 rings (SSSR count). The maximum absolute atomic E-state index is 12.8. The first-order valence-electron chi connectivity index (χ1n) is 9.37. The Balaban J connectivity index is 1.54. The quantitative estimate of drug-likeness (QED) is 0.823. The Morgan fingerprint density at radius 1 is 1.00 bits per heavy atom. The van der Waals surface area contributed by atoms with Gasteiger partial charge in [0.2, 0.25) is 0 Å². The Labute approximate surface area is 156 Å². The molecule has 2 aromatic carbocycles. The molecule has 0 unspecified atom stereocenters. The summed E-state index contributed by atoms with van der Waals surface area (Å²) in [6.45, 7) is 11.0. The molecule has 1 aliphatic rings. The molecule has 4 heteroatoms. The van der Waals surface area contributed by atoms with Crippen LogP contribution < -0.4 is 4.74 Å². The first kappa shape index (κ1) is 18.5. The highest BCUT2D eigenvalue weighted by molar-refractivity contribution is 5.95. The second-order valence-electron chi connectivity index (χ2n) is 6.96. The summed E-state index contributed by atoms with van der Waals surface area (Å²) in [4.78, 5) is 17.2. The normalized spacial score (nSPS) is 15.1. The van der Waals surface area contributed by atoms with E-state index in [0.717, 1.165) is 49.6 Å². The fraction of sp³-hybridized carbons (Fsp3) is 0.409. The number of amides is 1. The summed E-state index contributed by atoms with van der Waals surface area (Å²) in [6.07, 6.45) is 0. The Morgan fingerprint density at radius 2 is 1.69 bits per heavy atom. The highest BCUT2D eigenvalue weighted by Gasteiger charge is 2.23. The van der Waals surface area contributed by atoms with Gasteiger partial charge in [0.1, 0.15) is 5.75 Å². The highest BCUT2D eigenvalue weighted by atomic mass is 16.5. The van der Waals surface area contributed by atoms with Crippen LogP contribution >= 0.6 is 0 Å². The molecule has 0 atom stereocenters. The van der Waals surface area contributed by atoms with E-state index in [-0.39, 0.29) is 5.91 Å². The van der Waals surface area contributed by atoms with Crippen LogP contribution in [0.3, 0.4) is 0 Å². The molecular formula is C22H28N2O2. The molecule has 26 heavy (non-hydrogen) atoms. The van der Waals surface area contributed by atoms with E-state index >= 15 is 0 Å². The maximum atomic E-state index is 12.8. The van der Waals surface area contributed by atoms with Crippen molar-refractivity contribution < 1.29 is 9.53 Å². The van der Waals surface area contributed by atoms with Gasteiger partial charge in [-0.2, -0.15) is 0 Å². The fourth-order valence-corrected chi connectivity index (χ4v) is 3.45. The molecule has 0 aliphatic carbocycles. The van der Waals surface area contributed by atoms with Gasteiger partial charge in [-0.15, -0.1) is 0 Å². The predicted molar refractivity (Wildman–Crippen MR) is 105 cm³/mol. The zero-order valence-corrected chi connectivity index (χ0v) is 16.0. The molecule has 1 saturated heterocycles. The summed E-state index contributed by atoms with van der Waals surface area (Å²) in [5.74, 6) is 1.07. The van der Waals surface area contributed by atoms with Gasteiger partial charge < -0.3 is 9.64 Å². The molecular weight excluding hydrogens is 324 g/mol. The number of piperazine rings is 1. The minimum absolute atomic E-state index is 0.156. The Kier molecular flexibility index (Phi) is 5.94. The van der Waals surface area contributed by atoms with E-state index in [9.17, 15) is 4.79 Å². The zero-order chi connectivity index (χ0) is 18.5. The van der Waals surface area contributed by atoms with Crippen molar-refractivity contribution in [3.63, 3.8) is 0 Å². The number of benzene rings is 2. The number of ether oxygens (including phenoxy) is 1. The number of hydrogen-bond donors (Lipinski definition) is 0. The van der Waals surface area contributed by atoms with Crippen LogP contribution in [0.1, 0.15) is 34.0 Å². The second-order valence-corrected chi connectivity index (χ2v) is 6.96. The van der Waals surface area contributed by atoms with Gasteiger partial charge >= 0.3 is 0 Å². The van der Waals surface area contributed by atoms with Crippen molar-refractivity contribution in [3.8, 4) is 5.75 Å². The molecule has 0 bridgehead atoms. The summed E-state index contributed by atoms with van der Waals surface area (Å²) in [5, 5.41) is 0. The molecule has 138 valence electrons. The topological polar surface area (TPSA) is 32.8 Å². The molecule has 0 spiro atoms. The molecule has 1 aliphatic heterocycles. The molecule has 1 amide bonds. The monoisotopic (exact) mass is 352 g/mol. The number of carbonyl (C=O) groups excluding carboxylic acids is 1. The lowest BCUT2D eigenvalue weighted by Gasteiger charge is -2.35. The van der Waals surface area contributed by atoms with E-state index in [2.05, 4.69) is 30.0 Å². The Bertz CT molecular complexity index is 747. The minimum Gasteiger partial charge on any atom is -0.494 e. The van der Waals surface area contributed by atoms with Crippen LogP contribution in [0.4, 0.5) is 0 Å². The third-order valence-corrected chi connectivity index (χ3v) is 4.91. The summed E-state index contributed by atoms with van der Waals surface area (Å²) in [6, 6.07) is 14.4. The Hall–Kier alpha value is -2.33. The zero-order valence-electron chi connectivity index (χ0n) is 16.0. The van der Waals surface area contributed by atoms with Crippen LogP contribution in [0.15, 0.2) is 42.5 Å². The van der Waals surface area contributed by atoms with Crippen LogP contribution in [-0.2, 0) is 6.54 Å². The van der Waals surface area contributed by atoms with E-state index in [0.29, 0.717) is 6.61 Å². The van der Waals surface area contributed by atoms with Gasteiger partial charge in [0.15, 0.2) is 0 Å². The molecule has 0 N–H and O–H groups in total. The summed E-state index contributed by atoms with van der Waals surface area (Å²) < 4.78 is 5.49. The third kappa shape index (κ3) is 4.44. The van der Waals surface area contributed by atoms with Crippen LogP contribution in [-0.4, -0.2) is 48.5 Å². The second kappa shape index (κ2) is 8.37. The molecule has 0 radical (unpaired) electrons. The van der Waals surface area contributed by atoms with E-state index in [1.165, 1.54) is 11.1 Å². The molecule has 2 aromatic rings. The predicted octanol–water partition coefficient (Wildman–Crippen LogP) is 3.66. The number of hydrogen-bond acceptors (Lipinski definition) is 3. The summed E-state index contributed by atoms with van der Waals surface area (Å²) in [5.41, 5.74) is 4.37. The summed E-state index contributed by atoms with van der Waals surface area (Å²) >= 11 is 0. The molecule has 1 fully saturated rings. The largest absolute Gasteiger partial charge is 0.494 e. The average molecular weight is 352 g/mol. The molecule has 4 nitrogen and oxygen atoms in total. The van der Waals surface area contributed by atoms with Gasteiger partial charge in [-0.25, -0.2) is 0 Å². The van der Waals surface area contributed by atoms with Gasteiger partial charge in [-0.1, -0.05) is 29.8 Å². The molecule has 0 saturated carbocycles. The van der Waals surface area contributed by atoms with E-state index in [1.807, 2.05) is 43.0 Å². The highest BCUT2D eigenvalue weighted by Crippen LogP contribution is 2.17. The SMILES string of the molecule is CCOc1ccc(CN2CCN(C(=O)c3ccc(C)cc3C)CC2)cc1. The van der Waals surface area contributed by atoms with Gasteiger partial charge in [-0.3, -0.25) is 9.69 Å². The van der Waals surface area contributed by atoms with Crippen molar-refractivity contribution in [1.29, 1.82) is 0 Å². The van der Waals surface area contributed by atoms with Crippen molar-refractivity contribution in [3.05, 3.63) is 64.7 Å². The van der Waals surface area contributed by atoms with Gasteiger partial charge in [0, 0.05) is 38.3 Å². The average Bonchev–Trinajstić information content (AvgIpc) is 2.64. The number of rotatable bonds is 5. The van der Waals surface area contributed by atoms with Crippen LogP contribution in [0.2, 0.25) is 0 Å². The van der Waals surface area contributed by atoms with Crippen molar-refractivity contribution in [2.75, 3.05) is 32.8 Å². The molecule has 0 aromatic heterocycles. The summed E-state index contributed by atoms with van der Waals surface area (Å²) in [7, 11) is 0. The standard InChI is InChI=1S/C22H28N2O2/c1-4-26-20-8-6-19(7-9-20)16-23-11-13-24(14-12-23)22(25)21-10-5-17(2)15-18(21)3/h5-10,15H,4,11-14,16H2,1-3H3. The van der Waals surface area contributed by atoms with Crippen molar-refractivity contribution in [1.82, 2.24) is 9.80 Å². The van der Waals surface area contributed by atoms with Crippen LogP contribution in [0.25, 0.3) is 0 Å². The first-order chi connectivity index (χ1) is 12.6. The third-order valence-electron chi connectivity index (χ3n) is 4.91. The lowest BCUT2D eigenvalue weighted by Crippen LogP contribution is -2.48. The van der Waals surface area contributed by atoms with Gasteiger partial charge in [0.05, 0.1) is 6.61 Å². The van der Waals surface area contributed by atoms with Crippen LogP contribution in [0.5, 0.6) is 5.75 Å². The van der Waals surface area contributed by atoms with Crippen molar-refractivity contribution >= 4 is 5.91 Å². The lowest BCUT2D eigenvalue weighted by molar-refractivity contribution is 0.0627. The fourth-order valence-electron chi connectivity index (χ4n) is 3.45. The lowest BCUT2D eigenvalue weighted by atomic mass is 10.0. The first-order valence-corrected chi connectivity index (χ1v) is 9.37. The number of carbonyl (C=O) groups is 1. The van der Waals surface area contributed by atoms with E-state index in [1.54, 1.807) is 0 Å². The van der Waals surface area contributed by atoms with Gasteiger partial charge in [-0.05, 0) is 50.1 Å². The van der Waals surface area contributed by atoms with Crippen molar-refractivity contribution in [2.24, 2.45) is 0 Å². The Morgan fingerprint density at radius 3 is 2.31 bits per heavy atom. The molecule has 1 heterocycles. The van der Waals surface area contributed by atoms with Crippen molar-refractivity contribution in [2.45, 2.75) is 27.3 Å². The van der Waals surface area contributed by atoms with E-state index in [4.69, 9.17) is 4.74 Å². The van der Waals surface area contributed by atoms with E-state index < -0.39 is 0 Å². The maximum Gasteiger partial charge on any atom is 0.254 e. The smallest absolute Gasteiger partial charge is 0.254 e. The van der Waals surface area contributed by atoms with Crippen LogP contribution in [0, 0.1) is 13.8 Å².